The van der Waals surface area contributed by atoms with Crippen molar-refractivity contribution < 1.29 is 0 Å². The van der Waals surface area contributed by atoms with Gasteiger partial charge in [0, 0.05) is 0 Å². The first kappa shape index (κ1) is 16.3. The molecule has 0 aliphatic heterocycles. The van der Waals surface area contributed by atoms with Crippen molar-refractivity contribution in [1.82, 2.24) is 0 Å². The van der Waals surface area contributed by atoms with Gasteiger partial charge in [0.1, 0.15) is 0 Å². The van der Waals surface area contributed by atoms with Crippen LogP contribution in [0.2, 0.25) is 0 Å². The largest absolute Gasteiger partial charge is 0.0553 e. The van der Waals surface area contributed by atoms with Gasteiger partial charge in [0.05, 0.1) is 0 Å². The van der Waals surface area contributed by atoms with Crippen LogP contribution in [0.15, 0.2) is 6.07 Å². The van der Waals surface area contributed by atoms with Gasteiger partial charge in [-0.1, -0.05) is 6.07 Å². The van der Waals surface area contributed by atoms with E-state index < -0.39 is 0 Å². The Kier molecular flexibility index (Phi) is 4.12. The highest BCUT2D eigenvalue weighted by Crippen LogP contribution is 2.32. The van der Waals surface area contributed by atoms with Crippen molar-refractivity contribution in [3.63, 3.8) is 0 Å². The van der Waals surface area contributed by atoms with E-state index in [2.05, 4.69) is 54.5 Å². The summed E-state index contributed by atoms with van der Waals surface area (Å²) in [4.78, 5) is 0. The van der Waals surface area contributed by atoms with Gasteiger partial charge in [-0.2, -0.15) is 0 Å². The van der Waals surface area contributed by atoms with Crippen molar-refractivity contribution in [2.45, 2.75) is 74.1 Å². The molecule has 0 amide bonds. The van der Waals surface area contributed by atoms with Crippen molar-refractivity contribution >= 4 is 0 Å². The molecule has 4 rings (SSSR count). The third-order valence-corrected chi connectivity index (χ3v) is 6.66. The number of hydrogen-bond acceptors (Lipinski definition) is 0. The Morgan fingerprint density at radius 1 is 0.435 bits per heavy atom. The normalized spacial score (nSPS) is 14.0. The van der Waals surface area contributed by atoms with E-state index in [9.17, 15) is 0 Å². The van der Waals surface area contributed by atoms with Crippen molar-refractivity contribution in [1.29, 1.82) is 0 Å². The van der Waals surface area contributed by atoms with Gasteiger partial charge in [-0.05, 0) is 135 Å². The van der Waals surface area contributed by atoms with Gasteiger partial charge >= 0.3 is 0 Å². The number of aryl methyl sites for hydroxylation is 2. The number of benzene rings is 2. The molecule has 2 aromatic rings. The van der Waals surface area contributed by atoms with E-state index >= 15 is 0 Å². The third-order valence-electron chi connectivity index (χ3n) is 6.66. The first-order chi connectivity index (χ1) is 10.8. The Morgan fingerprint density at radius 2 is 0.783 bits per heavy atom. The highest BCUT2D eigenvalue weighted by atomic mass is 14.2. The van der Waals surface area contributed by atoms with Crippen LogP contribution in [-0.4, -0.2) is 0 Å². The van der Waals surface area contributed by atoms with Crippen LogP contribution < -0.4 is 0 Å². The van der Waals surface area contributed by atoms with E-state index in [0.29, 0.717) is 0 Å². The average Bonchev–Trinajstić information content (AvgIpc) is 2.56. The molecule has 0 aromatic heterocycles. The molecule has 0 atom stereocenters. The second-order valence-electron chi connectivity index (χ2n) is 7.53. The first-order valence-electron chi connectivity index (χ1n) is 8.99. The van der Waals surface area contributed by atoms with Gasteiger partial charge in [-0.25, -0.2) is 0 Å². The molecule has 0 nitrogen and oxygen atoms in total. The van der Waals surface area contributed by atoms with Crippen LogP contribution in [0.3, 0.4) is 0 Å². The molecule has 0 spiro atoms. The lowest BCUT2D eigenvalue weighted by molar-refractivity contribution is 0.910. The zero-order valence-electron chi connectivity index (χ0n) is 15.9. The molecule has 2 aliphatic carbocycles. The Labute approximate surface area is 141 Å². The van der Waals surface area contributed by atoms with Gasteiger partial charge < -0.3 is 0 Å². The van der Waals surface area contributed by atoms with Gasteiger partial charge in [0.15, 0.2) is 0 Å². The predicted molar refractivity (Wildman–Crippen MR) is 101 cm³/mol. The monoisotopic (exact) mass is 306 g/mol. The first-order valence-corrected chi connectivity index (χ1v) is 8.99. The summed E-state index contributed by atoms with van der Waals surface area (Å²) in [6.07, 6.45) is 4.67. The molecule has 0 fully saturated rings. The minimum Gasteiger partial charge on any atom is -0.0553 e. The number of hydrogen-bond donors (Lipinski definition) is 0. The summed E-state index contributed by atoms with van der Waals surface area (Å²) in [5, 5.41) is 0. The van der Waals surface area contributed by atoms with Gasteiger partial charge in [0.25, 0.3) is 0 Å². The summed E-state index contributed by atoms with van der Waals surface area (Å²) >= 11 is 0. The topological polar surface area (TPSA) is 0 Å². The van der Waals surface area contributed by atoms with Crippen LogP contribution in [0.1, 0.15) is 61.2 Å². The Hall–Kier alpha value is -1.56. The highest BCUT2D eigenvalue weighted by Gasteiger charge is 2.18. The predicted octanol–water partition coefficient (Wildman–Crippen LogP) is 5.73. The molecule has 0 saturated carbocycles. The minimum atomic E-state index is 1.17. The average molecular weight is 306 g/mol. The fourth-order valence-electron chi connectivity index (χ4n) is 4.45. The summed E-state index contributed by atoms with van der Waals surface area (Å²) in [7, 11) is 0. The van der Waals surface area contributed by atoms with Crippen LogP contribution in [0.25, 0.3) is 0 Å². The summed E-state index contributed by atoms with van der Waals surface area (Å²) < 4.78 is 0. The molecule has 23 heavy (non-hydrogen) atoms. The lowest BCUT2D eigenvalue weighted by Crippen LogP contribution is -2.06. The van der Waals surface area contributed by atoms with E-state index in [1.165, 1.54) is 64.6 Å². The zero-order chi connectivity index (χ0) is 16.9. The quantitative estimate of drug-likeness (QED) is 0.583. The SMILES string of the molecule is Cc1c2cc(c(C)c1C)CCc1c(C)c(C)c(c(C)c1C)CC2. The van der Waals surface area contributed by atoms with Crippen LogP contribution in [-0.2, 0) is 25.7 Å². The Balaban J connectivity index is 2.23. The standard InChI is InChI=1S/C23H30/c1-13-14(2)20-8-10-22-16(4)18(6)23(19(7)17(22)5)11-9-21(12-20)15(13)3/h12H,8-11H2,1-7H3. The molecule has 0 radical (unpaired) electrons. The summed E-state index contributed by atoms with van der Waals surface area (Å²) in [6.45, 7) is 16.2. The molecule has 122 valence electrons. The maximum Gasteiger partial charge on any atom is -0.0233 e. The van der Waals surface area contributed by atoms with E-state index in [4.69, 9.17) is 0 Å². The van der Waals surface area contributed by atoms with Crippen molar-refractivity contribution in [2.75, 3.05) is 0 Å². The summed E-state index contributed by atoms with van der Waals surface area (Å²) in [5.74, 6) is 0. The molecular weight excluding hydrogens is 276 g/mol. The minimum absolute atomic E-state index is 1.17. The number of fused-ring (bicyclic) bond motifs is 4. The maximum atomic E-state index is 2.50. The summed E-state index contributed by atoms with van der Waals surface area (Å²) in [6, 6.07) is 2.50. The Morgan fingerprint density at radius 3 is 1.13 bits per heavy atom. The van der Waals surface area contributed by atoms with Crippen molar-refractivity contribution in [2.24, 2.45) is 0 Å². The van der Waals surface area contributed by atoms with Gasteiger partial charge in [-0.3, -0.25) is 0 Å². The Bertz CT molecular complexity index is 698. The van der Waals surface area contributed by atoms with E-state index in [-0.39, 0.29) is 0 Å². The molecule has 0 heteroatoms. The number of rotatable bonds is 0. The van der Waals surface area contributed by atoms with E-state index in [1.54, 1.807) is 22.3 Å². The van der Waals surface area contributed by atoms with Crippen molar-refractivity contribution in [3.8, 4) is 0 Å². The van der Waals surface area contributed by atoms with E-state index in [1.807, 2.05) is 0 Å². The van der Waals surface area contributed by atoms with Crippen molar-refractivity contribution in [3.05, 3.63) is 67.3 Å². The van der Waals surface area contributed by atoms with Gasteiger partial charge in [0.2, 0.25) is 0 Å². The van der Waals surface area contributed by atoms with E-state index in [0.717, 1.165) is 0 Å². The van der Waals surface area contributed by atoms with Crippen LogP contribution in [0.4, 0.5) is 0 Å². The highest BCUT2D eigenvalue weighted by molar-refractivity contribution is 5.52. The van der Waals surface area contributed by atoms with Crippen LogP contribution in [0.5, 0.6) is 0 Å². The molecule has 2 aliphatic rings. The lowest BCUT2D eigenvalue weighted by Gasteiger charge is -2.20. The molecule has 0 heterocycles. The smallest absolute Gasteiger partial charge is 0.0233 e. The lowest BCUT2D eigenvalue weighted by atomic mass is 9.85. The zero-order valence-corrected chi connectivity index (χ0v) is 15.9. The molecule has 4 bridgehead atoms. The molecular formula is C23H30. The molecule has 2 aromatic carbocycles. The molecule has 0 unspecified atom stereocenters. The molecule has 0 saturated heterocycles. The second kappa shape index (κ2) is 5.82. The fraction of sp³-hybridized carbons (Fsp3) is 0.478. The second-order valence-corrected chi connectivity index (χ2v) is 7.53. The van der Waals surface area contributed by atoms with Crippen LogP contribution in [0, 0.1) is 48.5 Å². The maximum absolute atomic E-state index is 2.50. The van der Waals surface area contributed by atoms with Crippen LogP contribution >= 0.6 is 0 Å². The third kappa shape index (κ3) is 2.53. The summed E-state index contributed by atoms with van der Waals surface area (Å²) in [5.41, 5.74) is 16.9. The van der Waals surface area contributed by atoms with Gasteiger partial charge in [-0.15, -0.1) is 0 Å². The fourth-order valence-corrected chi connectivity index (χ4v) is 4.45. The molecule has 0 N–H and O–H groups in total.